The molecule has 1 aromatic heterocycles. The van der Waals surface area contributed by atoms with Gasteiger partial charge < -0.3 is 5.73 Å². The molecule has 0 aliphatic rings. The number of anilines is 1. The number of amides is 2. The minimum Gasteiger partial charge on any atom is -0.351 e. The number of urea groups is 1. The predicted octanol–water partition coefficient (Wildman–Crippen LogP) is 2.97. The summed E-state index contributed by atoms with van der Waals surface area (Å²) in [5, 5.41) is 7.20. The monoisotopic (exact) mass is 272 g/mol. The summed E-state index contributed by atoms with van der Waals surface area (Å²) in [5.74, 6) is 0.575. The van der Waals surface area contributed by atoms with E-state index in [1.807, 2.05) is 37.3 Å². The summed E-state index contributed by atoms with van der Waals surface area (Å²) in [4.78, 5) is 11.1. The fourth-order valence-electron chi connectivity index (χ4n) is 1.85. The molecule has 0 atom stereocenters. The molecule has 5 heteroatoms. The normalized spacial score (nSPS) is 11.4. The summed E-state index contributed by atoms with van der Waals surface area (Å²) in [7, 11) is 0. The van der Waals surface area contributed by atoms with Crippen molar-refractivity contribution in [2.75, 3.05) is 5.32 Å². The van der Waals surface area contributed by atoms with Crippen molar-refractivity contribution in [2.24, 2.45) is 5.73 Å². The van der Waals surface area contributed by atoms with Gasteiger partial charge in [0.1, 0.15) is 5.82 Å². The van der Waals surface area contributed by atoms with E-state index in [1.165, 1.54) is 5.56 Å². The number of nitrogens with one attached hydrogen (secondary N) is 1. The summed E-state index contributed by atoms with van der Waals surface area (Å²) in [6.45, 7) is 8.24. The van der Waals surface area contributed by atoms with Crippen molar-refractivity contribution in [3.8, 4) is 5.69 Å². The van der Waals surface area contributed by atoms with Crippen LogP contribution in [-0.2, 0) is 5.41 Å². The fraction of sp³-hybridized carbons (Fsp3) is 0.333. The van der Waals surface area contributed by atoms with Gasteiger partial charge in [0.05, 0.1) is 11.4 Å². The van der Waals surface area contributed by atoms with E-state index in [0.717, 1.165) is 11.4 Å². The summed E-state index contributed by atoms with van der Waals surface area (Å²) in [5.41, 5.74) is 8.06. The number of nitrogens with zero attached hydrogens (tertiary/aromatic N) is 2. The van der Waals surface area contributed by atoms with Crippen molar-refractivity contribution in [3.05, 3.63) is 41.6 Å². The van der Waals surface area contributed by atoms with Gasteiger partial charge in [-0.15, -0.1) is 0 Å². The molecule has 20 heavy (non-hydrogen) atoms. The Labute approximate surface area is 118 Å². The van der Waals surface area contributed by atoms with Crippen molar-refractivity contribution in [1.82, 2.24) is 9.78 Å². The number of carbonyl (C=O) groups is 1. The smallest absolute Gasteiger partial charge is 0.317 e. The molecule has 0 radical (unpaired) electrons. The molecule has 0 bridgehead atoms. The standard InChI is InChI=1S/C15H20N4O/c1-10-5-7-11(8-6-10)19-13(17-14(16)20)9-12(18-19)15(2,3)4/h5-9H,1-4H3,(H3,16,17,20). The predicted molar refractivity (Wildman–Crippen MR) is 80.2 cm³/mol. The van der Waals surface area contributed by atoms with E-state index in [1.54, 1.807) is 4.68 Å². The number of aryl methyl sites for hydroxylation is 1. The molecule has 5 nitrogen and oxygen atoms in total. The lowest BCUT2D eigenvalue weighted by molar-refractivity contribution is 0.259. The molecule has 0 aliphatic carbocycles. The van der Waals surface area contributed by atoms with Gasteiger partial charge >= 0.3 is 6.03 Å². The van der Waals surface area contributed by atoms with E-state index in [9.17, 15) is 4.79 Å². The van der Waals surface area contributed by atoms with E-state index in [2.05, 4.69) is 31.2 Å². The number of carbonyl (C=O) groups excluding carboxylic acids is 1. The van der Waals surface area contributed by atoms with E-state index in [4.69, 9.17) is 5.73 Å². The van der Waals surface area contributed by atoms with Crippen molar-refractivity contribution in [3.63, 3.8) is 0 Å². The van der Waals surface area contributed by atoms with Gasteiger partial charge in [0.25, 0.3) is 0 Å². The molecule has 2 amide bonds. The van der Waals surface area contributed by atoms with Crippen molar-refractivity contribution in [1.29, 1.82) is 0 Å². The SMILES string of the molecule is Cc1ccc(-n2nc(C(C)(C)C)cc2NC(N)=O)cc1. The highest BCUT2D eigenvalue weighted by molar-refractivity contribution is 5.87. The van der Waals surface area contributed by atoms with Gasteiger partial charge in [-0.3, -0.25) is 5.32 Å². The van der Waals surface area contributed by atoms with Gasteiger partial charge in [-0.1, -0.05) is 38.5 Å². The Morgan fingerprint density at radius 3 is 2.35 bits per heavy atom. The average Bonchev–Trinajstić information content (AvgIpc) is 2.73. The largest absolute Gasteiger partial charge is 0.351 e. The van der Waals surface area contributed by atoms with Gasteiger partial charge in [0, 0.05) is 11.5 Å². The van der Waals surface area contributed by atoms with Gasteiger partial charge in [0.15, 0.2) is 0 Å². The molecule has 0 saturated carbocycles. The number of hydrogen-bond acceptors (Lipinski definition) is 2. The minimum absolute atomic E-state index is 0.107. The molecular formula is C15H20N4O. The molecule has 3 N–H and O–H groups in total. The molecule has 0 unspecified atom stereocenters. The molecule has 2 aromatic rings. The second-order valence-electron chi connectivity index (χ2n) is 5.90. The lowest BCUT2D eigenvalue weighted by atomic mass is 9.92. The number of benzene rings is 1. The van der Waals surface area contributed by atoms with Crippen LogP contribution in [0.25, 0.3) is 5.69 Å². The topological polar surface area (TPSA) is 72.9 Å². The Hall–Kier alpha value is -2.30. The zero-order valence-corrected chi connectivity index (χ0v) is 12.3. The highest BCUT2D eigenvalue weighted by Gasteiger charge is 2.21. The summed E-state index contributed by atoms with van der Waals surface area (Å²) in [6.07, 6.45) is 0. The number of hydrogen-bond donors (Lipinski definition) is 2. The Kier molecular flexibility index (Phi) is 3.53. The van der Waals surface area contributed by atoms with Crippen LogP contribution in [0, 0.1) is 6.92 Å². The first kappa shape index (κ1) is 14.1. The second-order valence-corrected chi connectivity index (χ2v) is 5.90. The van der Waals surface area contributed by atoms with Crippen molar-refractivity contribution >= 4 is 11.8 Å². The number of nitrogens with two attached hydrogens (primary N) is 1. The minimum atomic E-state index is -0.598. The lowest BCUT2D eigenvalue weighted by Gasteiger charge is -2.14. The first-order valence-corrected chi connectivity index (χ1v) is 6.51. The summed E-state index contributed by atoms with van der Waals surface area (Å²) >= 11 is 0. The third-order valence-corrected chi connectivity index (χ3v) is 3.01. The Morgan fingerprint density at radius 1 is 1.25 bits per heavy atom. The van der Waals surface area contributed by atoms with Crippen LogP contribution in [0.1, 0.15) is 32.0 Å². The van der Waals surface area contributed by atoms with Gasteiger partial charge in [-0.2, -0.15) is 5.10 Å². The van der Waals surface area contributed by atoms with Crippen LogP contribution in [-0.4, -0.2) is 15.8 Å². The third-order valence-electron chi connectivity index (χ3n) is 3.01. The second kappa shape index (κ2) is 5.00. The van der Waals surface area contributed by atoms with Crippen LogP contribution in [0.2, 0.25) is 0 Å². The highest BCUT2D eigenvalue weighted by atomic mass is 16.2. The average molecular weight is 272 g/mol. The van der Waals surface area contributed by atoms with Crippen LogP contribution in [0.5, 0.6) is 0 Å². The Morgan fingerprint density at radius 2 is 1.85 bits per heavy atom. The van der Waals surface area contributed by atoms with E-state index < -0.39 is 6.03 Å². The Bertz CT molecular complexity index is 620. The maximum absolute atomic E-state index is 11.1. The molecule has 0 fully saturated rings. The van der Waals surface area contributed by atoms with Crippen LogP contribution in [0.3, 0.4) is 0 Å². The number of rotatable bonds is 2. The quantitative estimate of drug-likeness (QED) is 0.882. The summed E-state index contributed by atoms with van der Waals surface area (Å²) in [6, 6.07) is 9.18. The molecule has 2 rings (SSSR count). The molecular weight excluding hydrogens is 252 g/mol. The lowest BCUT2D eigenvalue weighted by Crippen LogP contribution is -2.21. The van der Waals surface area contributed by atoms with Crippen LogP contribution >= 0.6 is 0 Å². The van der Waals surface area contributed by atoms with E-state index in [0.29, 0.717) is 5.82 Å². The molecule has 0 saturated heterocycles. The zero-order chi connectivity index (χ0) is 14.9. The maximum atomic E-state index is 11.1. The van der Waals surface area contributed by atoms with Crippen LogP contribution < -0.4 is 11.1 Å². The maximum Gasteiger partial charge on any atom is 0.317 e. The van der Waals surface area contributed by atoms with E-state index in [-0.39, 0.29) is 5.41 Å². The first-order chi connectivity index (χ1) is 9.27. The van der Waals surface area contributed by atoms with Gasteiger partial charge in [-0.25, -0.2) is 9.48 Å². The van der Waals surface area contributed by atoms with Crippen LogP contribution in [0.4, 0.5) is 10.6 Å². The summed E-state index contributed by atoms with van der Waals surface area (Å²) < 4.78 is 1.70. The van der Waals surface area contributed by atoms with Crippen molar-refractivity contribution < 1.29 is 4.79 Å². The number of aromatic nitrogens is 2. The molecule has 0 spiro atoms. The molecule has 1 heterocycles. The molecule has 0 aliphatic heterocycles. The van der Waals surface area contributed by atoms with Crippen LogP contribution in [0.15, 0.2) is 30.3 Å². The van der Waals surface area contributed by atoms with Gasteiger partial charge in [0.2, 0.25) is 0 Å². The zero-order valence-electron chi connectivity index (χ0n) is 12.3. The van der Waals surface area contributed by atoms with Crippen molar-refractivity contribution in [2.45, 2.75) is 33.1 Å². The Balaban J connectivity index is 2.52. The molecule has 106 valence electrons. The molecule has 1 aromatic carbocycles. The fourth-order valence-corrected chi connectivity index (χ4v) is 1.85. The third kappa shape index (κ3) is 2.99. The van der Waals surface area contributed by atoms with Gasteiger partial charge in [-0.05, 0) is 19.1 Å². The van der Waals surface area contributed by atoms with E-state index >= 15 is 0 Å². The number of primary amides is 1. The first-order valence-electron chi connectivity index (χ1n) is 6.51. The highest BCUT2D eigenvalue weighted by Crippen LogP contribution is 2.26.